The molecule has 4 rings (SSSR count). The van der Waals surface area contributed by atoms with Gasteiger partial charge in [0.25, 0.3) is 5.89 Å². The summed E-state index contributed by atoms with van der Waals surface area (Å²) in [7, 11) is 0. The number of anilines is 1. The van der Waals surface area contributed by atoms with Gasteiger partial charge in [-0.05, 0) is 25.5 Å². The Morgan fingerprint density at radius 3 is 2.86 bits per heavy atom. The molecule has 10 heteroatoms. The van der Waals surface area contributed by atoms with Crippen LogP contribution in [0.25, 0.3) is 11.5 Å². The smallest absolute Gasteiger partial charge is 0.258 e. The lowest BCUT2D eigenvalue weighted by molar-refractivity contribution is -0.131. The Balaban J connectivity index is 1.48. The van der Waals surface area contributed by atoms with Crippen LogP contribution >= 0.6 is 0 Å². The molecule has 3 aromatic rings. The summed E-state index contributed by atoms with van der Waals surface area (Å²) in [5.74, 6) is 2.97. The number of amides is 1. The zero-order valence-corrected chi connectivity index (χ0v) is 16.7. The quantitative estimate of drug-likeness (QED) is 0.616. The van der Waals surface area contributed by atoms with E-state index in [4.69, 9.17) is 9.05 Å². The minimum atomic E-state index is -0.0113. The second kappa shape index (κ2) is 7.98. The number of pyridine rings is 1. The molecule has 1 fully saturated rings. The molecule has 0 radical (unpaired) electrons. The Kier molecular flexibility index (Phi) is 5.24. The largest absolute Gasteiger partial charge is 0.354 e. The maximum absolute atomic E-state index is 12.3. The van der Waals surface area contributed by atoms with Crippen LogP contribution in [0.5, 0.6) is 0 Å². The lowest BCUT2D eigenvalue weighted by atomic mass is 10.2. The summed E-state index contributed by atoms with van der Waals surface area (Å²) in [6.07, 6.45) is 3.24. The molecule has 152 valence electrons. The topological polar surface area (TPSA) is 114 Å². The molecule has 1 saturated heterocycles. The average Bonchev–Trinajstić information content (AvgIpc) is 3.46. The normalized spacial score (nSPS) is 16.4. The number of hydrogen-bond acceptors (Lipinski definition) is 9. The number of rotatable bonds is 6. The number of nitrogens with zero attached hydrogens (tertiary/aromatic N) is 7. The Labute approximate surface area is 167 Å². The zero-order chi connectivity index (χ0) is 20.4. The van der Waals surface area contributed by atoms with Crippen LogP contribution in [-0.2, 0) is 17.8 Å². The molecule has 29 heavy (non-hydrogen) atoms. The molecule has 0 N–H and O–H groups in total. The molecule has 1 aliphatic heterocycles. The van der Waals surface area contributed by atoms with E-state index in [2.05, 4.69) is 30.2 Å². The maximum atomic E-state index is 12.3. The van der Waals surface area contributed by atoms with Crippen LogP contribution in [0.2, 0.25) is 0 Å². The van der Waals surface area contributed by atoms with Gasteiger partial charge in [-0.15, -0.1) is 0 Å². The van der Waals surface area contributed by atoms with Crippen LogP contribution in [0.3, 0.4) is 0 Å². The van der Waals surface area contributed by atoms with Gasteiger partial charge < -0.3 is 18.8 Å². The van der Waals surface area contributed by atoms with Crippen LogP contribution in [0.15, 0.2) is 27.4 Å². The van der Waals surface area contributed by atoms with Crippen molar-refractivity contribution in [1.29, 1.82) is 0 Å². The molecule has 1 unspecified atom stereocenters. The lowest BCUT2D eigenvalue weighted by Gasteiger charge is -2.27. The molecule has 0 saturated carbocycles. The summed E-state index contributed by atoms with van der Waals surface area (Å²) in [6.45, 7) is 7.11. The first-order valence-electron chi connectivity index (χ1n) is 9.64. The van der Waals surface area contributed by atoms with Crippen molar-refractivity contribution in [1.82, 2.24) is 30.2 Å². The van der Waals surface area contributed by atoms with Crippen LogP contribution in [0.1, 0.15) is 37.8 Å². The van der Waals surface area contributed by atoms with Crippen molar-refractivity contribution in [3.05, 3.63) is 35.9 Å². The highest BCUT2D eigenvalue weighted by molar-refractivity contribution is 5.73. The number of carbonyl (C=O) groups is 1. The summed E-state index contributed by atoms with van der Waals surface area (Å²) >= 11 is 0. The van der Waals surface area contributed by atoms with Gasteiger partial charge in [0.2, 0.25) is 11.8 Å². The SMILES string of the molecule is CCc1nc(CN(C(C)=O)C2CCN(c3cc(-c4nc(C)no4)ccn3)C2)no1. The van der Waals surface area contributed by atoms with E-state index in [9.17, 15) is 4.79 Å². The molecular formula is C19H23N7O3. The Morgan fingerprint density at radius 2 is 2.17 bits per heavy atom. The Hall–Kier alpha value is -3.30. The van der Waals surface area contributed by atoms with Crippen molar-refractivity contribution in [2.24, 2.45) is 0 Å². The summed E-state index contributed by atoms with van der Waals surface area (Å²) in [6, 6.07) is 3.82. The predicted octanol–water partition coefficient (Wildman–Crippen LogP) is 2.01. The van der Waals surface area contributed by atoms with Crippen LogP contribution in [0, 0.1) is 6.92 Å². The lowest BCUT2D eigenvalue weighted by Crippen LogP contribution is -2.40. The van der Waals surface area contributed by atoms with Crippen LogP contribution in [-0.4, -0.2) is 55.2 Å². The summed E-state index contributed by atoms with van der Waals surface area (Å²) in [5.41, 5.74) is 0.821. The molecule has 3 aromatic heterocycles. The first kappa shape index (κ1) is 19.0. The van der Waals surface area contributed by atoms with Gasteiger partial charge in [0.15, 0.2) is 11.6 Å². The molecule has 1 amide bonds. The van der Waals surface area contributed by atoms with E-state index >= 15 is 0 Å². The molecule has 1 aliphatic rings. The number of hydrogen-bond donors (Lipinski definition) is 0. The first-order chi connectivity index (χ1) is 14.0. The van der Waals surface area contributed by atoms with Gasteiger partial charge in [-0.1, -0.05) is 17.2 Å². The Morgan fingerprint density at radius 1 is 1.31 bits per heavy atom. The highest BCUT2D eigenvalue weighted by atomic mass is 16.5. The number of aromatic nitrogens is 5. The molecule has 4 heterocycles. The van der Waals surface area contributed by atoms with E-state index in [1.807, 2.05) is 19.1 Å². The van der Waals surface area contributed by atoms with Crippen molar-refractivity contribution in [3.8, 4) is 11.5 Å². The molecule has 0 bridgehead atoms. The molecule has 10 nitrogen and oxygen atoms in total. The molecular weight excluding hydrogens is 374 g/mol. The average molecular weight is 397 g/mol. The first-order valence-corrected chi connectivity index (χ1v) is 9.64. The maximum Gasteiger partial charge on any atom is 0.258 e. The van der Waals surface area contributed by atoms with Crippen molar-refractivity contribution in [2.75, 3.05) is 18.0 Å². The minimum absolute atomic E-state index is 0.0113. The van der Waals surface area contributed by atoms with Crippen LogP contribution < -0.4 is 4.90 Å². The zero-order valence-electron chi connectivity index (χ0n) is 16.7. The third-order valence-corrected chi connectivity index (χ3v) is 4.98. The highest BCUT2D eigenvalue weighted by Crippen LogP contribution is 2.26. The standard InChI is InChI=1S/C19H23N7O3/c1-4-18-22-16(24-28-18)11-26(13(3)27)15-6-8-25(10-15)17-9-14(5-7-20-17)19-21-12(2)23-29-19/h5,7,9,15H,4,6,8,10-11H2,1-3H3. The van der Waals surface area contributed by atoms with Crippen molar-refractivity contribution in [2.45, 2.75) is 46.2 Å². The van der Waals surface area contributed by atoms with E-state index in [1.165, 1.54) is 0 Å². The van der Waals surface area contributed by atoms with Crippen molar-refractivity contribution < 1.29 is 13.8 Å². The second-order valence-electron chi connectivity index (χ2n) is 7.04. The molecule has 1 atom stereocenters. The van der Waals surface area contributed by atoms with E-state index in [0.717, 1.165) is 24.3 Å². The molecule has 0 aliphatic carbocycles. The number of aryl methyl sites for hydroxylation is 2. The minimum Gasteiger partial charge on any atom is -0.354 e. The van der Waals surface area contributed by atoms with Gasteiger partial charge >= 0.3 is 0 Å². The summed E-state index contributed by atoms with van der Waals surface area (Å²) in [5, 5.41) is 7.81. The van der Waals surface area contributed by atoms with E-state index in [0.29, 0.717) is 42.9 Å². The second-order valence-corrected chi connectivity index (χ2v) is 7.04. The third-order valence-electron chi connectivity index (χ3n) is 4.98. The van der Waals surface area contributed by atoms with Gasteiger partial charge in [0, 0.05) is 38.2 Å². The van der Waals surface area contributed by atoms with Gasteiger partial charge in [-0.3, -0.25) is 4.79 Å². The summed E-state index contributed by atoms with van der Waals surface area (Å²) < 4.78 is 10.4. The van der Waals surface area contributed by atoms with E-state index in [-0.39, 0.29) is 11.9 Å². The van der Waals surface area contributed by atoms with Gasteiger partial charge in [-0.25, -0.2) is 4.98 Å². The van der Waals surface area contributed by atoms with Crippen molar-refractivity contribution in [3.63, 3.8) is 0 Å². The van der Waals surface area contributed by atoms with Crippen LogP contribution in [0.4, 0.5) is 5.82 Å². The fourth-order valence-electron chi connectivity index (χ4n) is 3.49. The van der Waals surface area contributed by atoms with Gasteiger partial charge in [0.1, 0.15) is 5.82 Å². The van der Waals surface area contributed by atoms with Gasteiger partial charge in [-0.2, -0.15) is 9.97 Å². The van der Waals surface area contributed by atoms with E-state index in [1.54, 1.807) is 24.9 Å². The fraction of sp³-hybridized carbons (Fsp3) is 0.474. The fourth-order valence-corrected chi connectivity index (χ4v) is 3.49. The Bertz CT molecular complexity index is 999. The monoisotopic (exact) mass is 397 g/mol. The predicted molar refractivity (Wildman–Crippen MR) is 103 cm³/mol. The van der Waals surface area contributed by atoms with Crippen molar-refractivity contribution >= 4 is 11.7 Å². The van der Waals surface area contributed by atoms with Gasteiger partial charge in [0.05, 0.1) is 12.6 Å². The summed E-state index contributed by atoms with van der Waals surface area (Å²) in [4.78, 5) is 29.3. The number of carbonyl (C=O) groups excluding carboxylic acids is 1. The molecule has 0 aromatic carbocycles. The highest BCUT2D eigenvalue weighted by Gasteiger charge is 2.31. The molecule has 0 spiro atoms. The van der Waals surface area contributed by atoms with E-state index < -0.39 is 0 Å². The third kappa shape index (κ3) is 4.10.